The maximum absolute atomic E-state index is 11.3. The molecule has 5 nitrogen and oxygen atoms in total. The zero-order valence-corrected chi connectivity index (χ0v) is 11.6. The number of nitrogens with zero attached hydrogens (tertiary/aromatic N) is 1. The first-order valence-corrected chi connectivity index (χ1v) is 6.12. The van der Waals surface area contributed by atoms with E-state index >= 15 is 0 Å². The summed E-state index contributed by atoms with van der Waals surface area (Å²) in [6, 6.07) is 12.6. The Balaban J connectivity index is 2.27. The molecule has 1 heterocycles. The summed E-state index contributed by atoms with van der Waals surface area (Å²) in [5.74, 6) is 1.09. The van der Waals surface area contributed by atoms with Gasteiger partial charge in [-0.3, -0.25) is 0 Å². The van der Waals surface area contributed by atoms with Crippen LogP contribution in [-0.4, -0.2) is 20.2 Å². The molecule has 0 radical (unpaired) electrons. The molecule has 0 aliphatic carbocycles. The predicted octanol–water partition coefficient (Wildman–Crippen LogP) is 3.04. The molecule has 0 aliphatic heterocycles. The van der Waals surface area contributed by atoms with Crippen molar-refractivity contribution in [3.63, 3.8) is 0 Å². The Bertz CT molecular complexity index is 705. The van der Waals surface area contributed by atoms with Gasteiger partial charge in [-0.05, 0) is 36.4 Å². The van der Waals surface area contributed by atoms with Crippen molar-refractivity contribution in [3.8, 4) is 23.1 Å². The molecule has 0 bridgehead atoms. The first-order chi connectivity index (χ1) is 10.2. The van der Waals surface area contributed by atoms with Crippen LogP contribution in [0.3, 0.4) is 0 Å². The highest BCUT2D eigenvalue weighted by atomic mass is 16.5. The zero-order valence-electron chi connectivity index (χ0n) is 11.6. The lowest BCUT2D eigenvalue weighted by molar-refractivity contribution is -0.135. The minimum atomic E-state index is -0.695. The minimum Gasteiger partial charge on any atom is -0.497 e. The highest BCUT2D eigenvalue weighted by molar-refractivity contribution is 5.97. The van der Waals surface area contributed by atoms with E-state index in [1.54, 1.807) is 25.3 Å². The number of rotatable bonds is 4. The molecule has 106 valence electrons. The molecule has 0 spiro atoms. The van der Waals surface area contributed by atoms with E-state index in [9.17, 15) is 4.79 Å². The first-order valence-electron chi connectivity index (χ1n) is 6.12. The van der Waals surface area contributed by atoms with E-state index in [4.69, 9.17) is 14.4 Å². The van der Waals surface area contributed by atoms with Crippen LogP contribution < -0.4 is 4.74 Å². The molecule has 2 rings (SSSR count). The number of ether oxygens (including phenoxy) is 2. The minimum absolute atomic E-state index is 0.117. The number of methoxy groups -OCH3 is 2. The highest BCUT2D eigenvalue weighted by Crippen LogP contribution is 2.25. The van der Waals surface area contributed by atoms with E-state index in [2.05, 4.69) is 4.74 Å². The number of nitriles is 1. The van der Waals surface area contributed by atoms with Gasteiger partial charge in [0.1, 0.15) is 28.9 Å². The van der Waals surface area contributed by atoms with Crippen molar-refractivity contribution in [1.29, 1.82) is 5.26 Å². The Morgan fingerprint density at radius 1 is 1.19 bits per heavy atom. The number of esters is 1. The van der Waals surface area contributed by atoms with Crippen LogP contribution in [-0.2, 0) is 9.53 Å². The van der Waals surface area contributed by atoms with Crippen LogP contribution in [0.5, 0.6) is 5.75 Å². The SMILES string of the molecule is COC(=O)/C(C#N)=C\c1ccc(-c2ccc(OC)cc2)o1. The molecule has 1 aromatic carbocycles. The second kappa shape index (κ2) is 6.44. The topological polar surface area (TPSA) is 72.5 Å². The maximum atomic E-state index is 11.3. The number of benzene rings is 1. The van der Waals surface area contributed by atoms with Crippen LogP contribution in [0.4, 0.5) is 0 Å². The summed E-state index contributed by atoms with van der Waals surface area (Å²) in [6.45, 7) is 0. The standard InChI is InChI=1S/C16H13NO4/c1-19-13-5-3-11(4-6-13)15-8-7-14(21-15)9-12(10-17)16(18)20-2/h3-9H,1-2H3/b12-9-. The van der Waals surface area contributed by atoms with Gasteiger partial charge in [-0.1, -0.05) is 0 Å². The molecule has 5 heteroatoms. The van der Waals surface area contributed by atoms with Gasteiger partial charge in [0.2, 0.25) is 0 Å². The normalized spacial score (nSPS) is 10.8. The van der Waals surface area contributed by atoms with Gasteiger partial charge in [0.05, 0.1) is 14.2 Å². The zero-order chi connectivity index (χ0) is 15.2. The molecule has 0 aliphatic rings. The molecule has 0 amide bonds. The summed E-state index contributed by atoms with van der Waals surface area (Å²) in [4.78, 5) is 11.3. The molecule has 0 atom stereocenters. The predicted molar refractivity (Wildman–Crippen MR) is 76.3 cm³/mol. The molecule has 2 aromatic rings. The number of carbonyl (C=O) groups is 1. The van der Waals surface area contributed by atoms with Crippen LogP contribution in [0.2, 0.25) is 0 Å². The van der Waals surface area contributed by atoms with Gasteiger partial charge in [-0.15, -0.1) is 0 Å². The van der Waals surface area contributed by atoms with Crippen LogP contribution in [0.25, 0.3) is 17.4 Å². The van der Waals surface area contributed by atoms with Crippen molar-refractivity contribution >= 4 is 12.0 Å². The molecule has 0 N–H and O–H groups in total. The fourth-order valence-electron chi connectivity index (χ4n) is 1.73. The van der Waals surface area contributed by atoms with Gasteiger partial charge in [0, 0.05) is 11.6 Å². The van der Waals surface area contributed by atoms with Crippen LogP contribution in [0.15, 0.2) is 46.4 Å². The Morgan fingerprint density at radius 2 is 1.90 bits per heavy atom. The third kappa shape index (κ3) is 3.31. The van der Waals surface area contributed by atoms with Crippen molar-refractivity contribution in [2.75, 3.05) is 14.2 Å². The van der Waals surface area contributed by atoms with E-state index in [-0.39, 0.29) is 5.57 Å². The summed E-state index contributed by atoms with van der Waals surface area (Å²) < 4.78 is 15.2. The van der Waals surface area contributed by atoms with Crippen molar-refractivity contribution in [2.24, 2.45) is 0 Å². The lowest BCUT2D eigenvalue weighted by Gasteiger charge is -2.00. The van der Waals surface area contributed by atoms with Gasteiger partial charge in [0.25, 0.3) is 0 Å². The average molecular weight is 283 g/mol. The molecule has 0 fully saturated rings. The fourth-order valence-corrected chi connectivity index (χ4v) is 1.73. The third-order valence-electron chi connectivity index (χ3n) is 2.81. The van der Waals surface area contributed by atoms with Crippen LogP contribution in [0.1, 0.15) is 5.76 Å². The molecular formula is C16H13NO4. The van der Waals surface area contributed by atoms with Gasteiger partial charge >= 0.3 is 5.97 Å². The second-order valence-corrected chi connectivity index (χ2v) is 4.09. The average Bonchev–Trinajstić information content (AvgIpc) is 3.00. The number of carbonyl (C=O) groups excluding carboxylic acids is 1. The number of hydrogen-bond donors (Lipinski definition) is 0. The Morgan fingerprint density at radius 3 is 2.48 bits per heavy atom. The molecule has 0 saturated carbocycles. The van der Waals surface area contributed by atoms with Crippen molar-refractivity contribution in [1.82, 2.24) is 0 Å². The quantitative estimate of drug-likeness (QED) is 0.490. The summed E-state index contributed by atoms with van der Waals surface area (Å²) in [5, 5.41) is 8.90. The second-order valence-electron chi connectivity index (χ2n) is 4.09. The van der Waals surface area contributed by atoms with Crippen LogP contribution in [0, 0.1) is 11.3 Å². The Hall–Kier alpha value is -3.00. The number of furan rings is 1. The van der Waals surface area contributed by atoms with E-state index in [1.165, 1.54) is 13.2 Å². The highest BCUT2D eigenvalue weighted by Gasteiger charge is 2.10. The molecule has 0 saturated heterocycles. The fraction of sp³-hybridized carbons (Fsp3) is 0.125. The molecule has 21 heavy (non-hydrogen) atoms. The van der Waals surface area contributed by atoms with Gasteiger partial charge in [-0.25, -0.2) is 4.79 Å². The summed E-state index contributed by atoms with van der Waals surface area (Å²) in [7, 11) is 2.82. The van der Waals surface area contributed by atoms with Crippen molar-refractivity contribution in [2.45, 2.75) is 0 Å². The Labute approximate surface area is 122 Å². The lowest BCUT2D eigenvalue weighted by atomic mass is 10.2. The summed E-state index contributed by atoms with van der Waals surface area (Å²) in [5.41, 5.74) is 0.750. The lowest BCUT2D eigenvalue weighted by Crippen LogP contribution is -2.02. The number of hydrogen-bond acceptors (Lipinski definition) is 5. The van der Waals surface area contributed by atoms with Crippen molar-refractivity contribution < 1.29 is 18.7 Å². The molecule has 0 unspecified atom stereocenters. The van der Waals surface area contributed by atoms with Crippen LogP contribution >= 0.6 is 0 Å². The molecule has 1 aromatic heterocycles. The first kappa shape index (κ1) is 14.4. The third-order valence-corrected chi connectivity index (χ3v) is 2.81. The summed E-state index contributed by atoms with van der Waals surface area (Å²) in [6.07, 6.45) is 1.35. The Kier molecular flexibility index (Phi) is 4.42. The largest absolute Gasteiger partial charge is 0.497 e. The van der Waals surface area contributed by atoms with E-state index in [0.717, 1.165) is 11.3 Å². The van der Waals surface area contributed by atoms with Gasteiger partial charge < -0.3 is 13.9 Å². The monoisotopic (exact) mass is 283 g/mol. The smallest absolute Gasteiger partial charge is 0.348 e. The summed E-state index contributed by atoms with van der Waals surface area (Å²) >= 11 is 0. The van der Waals surface area contributed by atoms with Crippen molar-refractivity contribution in [3.05, 3.63) is 47.7 Å². The van der Waals surface area contributed by atoms with E-state index in [1.807, 2.05) is 24.3 Å². The van der Waals surface area contributed by atoms with E-state index in [0.29, 0.717) is 11.5 Å². The van der Waals surface area contributed by atoms with E-state index < -0.39 is 5.97 Å². The van der Waals surface area contributed by atoms with Gasteiger partial charge in [0.15, 0.2) is 0 Å². The maximum Gasteiger partial charge on any atom is 0.348 e. The van der Waals surface area contributed by atoms with Gasteiger partial charge in [-0.2, -0.15) is 5.26 Å². The molecular weight excluding hydrogens is 270 g/mol.